The maximum Gasteiger partial charge on any atom is 0.212 e. The topological polar surface area (TPSA) is 72.2 Å². The Kier molecular flexibility index (Phi) is 4.92. The second-order valence-corrected chi connectivity index (χ2v) is 7.34. The van der Waals surface area contributed by atoms with E-state index >= 15 is 0 Å². The van der Waals surface area contributed by atoms with Crippen LogP contribution in [0.5, 0.6) is 0 Å². The minimum absolute atomic E-state index is 0.176. The van der Waals surface area contributed by atoms with Crippen LogP contribution in [0.25, 0.3) is 0 Å². The smallest absolute Gasteiger partial charge is 0.212 e. The zero-order chi connectivity index (χ0) is 13.1. The Morgan fingerprint density at radius 2 is 2.12 bits per heavy atom. The van der Waals surface area contributed by atoms with E-state index in [4.69, 9.17) is 18.0 Å². The van der Waals surface area contributed by atoms with Gasteiger partial charge in [-0.2, -0.15) is 0 Å². The van der Waals surface area contributed by atoms with Gasteiger partial charge < -0.3 is 5.73 Å². The standard InChI is InChI=1S/C11H22N2O2S2/c1-3-11(2,10(12)16)13-17(14,15)8-7-9-5-4-6-9/h9,13H,3-8H2,1-2H3,(H2,12,16). The van der Waals surface area contributed by atoms with Gasteiger partial charge in [-0.3, -0.25) is 0 Å². The minimum atomic E-state index is -3.29. The first-order valence-electron chi connectivity index (χ1n) is 6.10. The summed E-state index contributed by atoms with van der Waals surface area (Å²) in [4.78, 5) is 0.201. The number of rotatable bonds is 7. The lowest BCUT2D eigenvalue weighted by Gasteiger charge is -2.29. The summed E-state index contributed by atoms with van der Waals surface area (Å²) in [5.41, 5.74) is 4.79. The first kappa shape index (κ1) is 14.9. The lowest BCUT2D eigenvalue weighted by Crippen LogP contribution is -2.54. The Balaban J connectivity index is 2.54. The molecular weight excluding hydrogens is 256 g/mol. The van der Waals surface area contributed by atoms with Crippen LogP contribution in [0.2, 0.25) is 0 Å². The van der Waals surface area contributed by atoms with Crippen molar-refractivity contribution in [2.75, 3.05) is 5.75 Å². The van der Waals surface area contributed by atoms with Crippen molar-refractivity contribution < 1.29 is 8.42 Å². The second kappa shape index (κ2) is 5.63. The van der Waals surface area contributed by atoms with E-state index in [1.54, 1.807) is 6.92 Å². The zero-order valence-electron chi connectivity index (χ0n) is 10.5. The van der Waals surface area contributed by atoms with Crippen molar-refractivity contribution in [2.24, 2.45) is 11.7 Å². The van der Waals surface area contributed by atoms with E-state index < -0.39 is 15.6 Å². The third kappa shape index (κ3) is 4.19. The van der Waals surface area contributed by atoms with Gasteiger partial charge in [-0.1, -0.05) is 38.4 Å². The van der Waals surface area contributed by atoms with E-state index in [9.17, 15) is 8.42 Å². The summed E-state index contributed by atoms with van der Waals surface area (Å²) in [6, 6.07) is 0. The van der Waals surface area contributed by atoms with E-state index in [0.717, 1.165) is 19.3 Å². The first-order chi connectivity index (χ1) is 7.79. The molecule has 1 unspecified atom stereocenters. The highest BCUT2D eigenvalue weighted by molar-refractivity contribution is 7.89. The van der Waals surface area contributed by atoms with Gasteiger partial charge >= 0.3 is 0 Å². The molecule has 100 valence electrons. The number of thiocarbonyl (C=S) groups is 1. The second-order valence-electron chi connectivity index (χ2n) is 5.06. The molecule has 3 N–H and O–H groups in total. The third-order valence-electron chi connectivity index (χ3n) is 3.65. The molecule has 4 nitrogen and oxygen atoms in total. The first-order valence-corrected chi connectivity index (χ1v) is 8.16. The number of nitrogens with one attached hydrogen (secondary N) is 1. The van der Waals surface area contributed by atoms with E-state index in [1.807, 2.05) is 6.92 Å². The Morgan fingerprint density at radius 3 is 2.47 bits per heavy atom. The third-order valence-corrected chi connectivity index (χ3v) is 5.64. The summed E-state index contributed by atoms with van der Waals surface area (Å²) in [6.45, 7) is 3.60. The molecule has 1 rings (SSSR count). The molecule has 0 aliphatic heterocycles. The van der Waals surface area contributed by atoms with Crippen molar-refractivity contribution in [3.05, 3.63) is 0 Å². The molecule has 0 bridgehead atoms. The molecule has 1 fully saturated rings. The van der Waals surface area contributed by atoms with Crippen molar-refractivity contribution in [1.29, 1.82) is 0 Å². The summed E-state index contributed by atoms with van der Waals surface area (Å²) in [5, 5.41) is 0. The summed E-state index contributed by atoms with van der Waals surface area (Å²) < 4.78 is 26.5. The van der Waals surface area contributed by atoms with Crippen LogP contribution < -0.4 is 10.5 Å². The lowest BCUT2D eigenvalue weighted by molar-refractivity contribution is 0.307. The van der Waals surface area contributed by atoms with Crippen molar-refractivity contribution in [2.45, 2.75) is 51.5 Å². The van der Waals surface area contributed by atoms with Crippen LogP contribution in [0.4, 0.5) is 0 Å². The molecule has 0 spiro atoms. The van der Waals surface area contributed by atoms with Gasteiger partial charge in [0.25, 0.3) is 0 Å². The predicted octanol–water partition coefficient (Wildman–Crippen LogP) is 1.55. The lowest BCUT2D eigenvalue weighted by atomic mass is 9.84. The van der Waals surface area contributed by atoms with Crippen molar-refractivity contribution >= 4 is 27.2 Å². The molecule has 0 aromatic carbocycles. The summed E-state index contributed by atoms with van der Waals surface area (Å²) in [5.74, 6) is 0.764. The maximum atomic E-state index is 11.9. The summed E-state index contributed by atoms with van der Waals surface area (Å²) in [6.07, 6.45) is 4.86. The average Bonchev–Trinajstić information content (AvgIpc) is 2.13. The molecule has 6 heteroatoms. The highest BCUT2D eigenvalue weighted by Crippen LogP contribution is 2.29. The molecule has 1 aliphatic carbocycles. The van der Waals surface area contributed by atoms with Crippen LogP contribution in [-0.2, 0) is 10.0 Å². The van der Waals surface area contributed by atoms with Crippen LogP contribution in [0.3, 0.4) is 0 Å². The predicted molar refractivity (Wildman–Crippen MR) is 74.4 cm³/mol. The quantitative estimate of drug-likeness (QED) is 0.693. The number of nitrogens with two attached hydrogens (primary N) is 1. The number of hydrogen-bond acceptors (Lipinski definition) is 3. The Hall–Kier alpha value is -0.200. The van der Waals surface area contributed by atoms with Crippen LogP contribution in [-0.4, -0.2) is 24.7 Å². The molecule has 1 saturated carbocycles. The Morgan fingerprint density at radius 1 is 1.53 bits per heavy atom. The normalized spacial score (nSPS) is 20.6. The zero-order valence-corrected chi connectivity index (χ0v) is 12.2. The average molecular weight is 278 g/mol. The van der Waals surface area contributed by atoms with Gasteiger partial charge in [0.2, 0.25) is 10.0 Å². The van der Waals surface area contributed by atoms with Gasteiger partial charge in [-0.25, -0.2) is 13.1 Å². The van der Waals surface area contributed by atoms with Crippen molar-refractivity contribution in [1.82, 2.24) is 4.72 Å². The van der Waals surface area contributed by atoms with Crippen LogP contribution in [0.1, 0.15) is 46.0 Å². The molecule has 1 atom stereocenters. The number of sulfonamides is 1. The SMILES string of the molecule is CCC(C)(NS(=O)(=O)CCC1CCC1)C(N)=S. The Labute approximate surface area is 109 Å². The van der Waals surface area contributed by atoms with E-state index in [1.165, 1.54) is 6.42 Å². The van der Waals surface area contributed by atoms with Crippen molar-refractivity contribution in [3.8, 4) is 0 Å². The van der Waals surface area contributed by atoms with Crippen LogP contribution in [0, 0.1) is 5.92 Å². The highest BCUT2D eigenvalue weighted by Gasteiger charge is 2.31. The van der Waals surface area contributed by atoms with Gasteiger partial charge in [-0.15, -0.1) is 0 Å². The largest absolute Gasteiger partial charge is 0.392 e. The molecular formula is C11H22N2O2S2. The monoisotopic (exact) mass is 278 g/mol. The molecule has 0 aromatic rings. The molecule has 0 amide bonds. The van der Waals surface area contributed by atoms with Gasteiger partial charge in [-0.05, 0) is 25.7 Å². The molecule has 1 aliphatic rings. The van der Waals surface area contributed by atoms with E-state index in [-0.39, 0.29) is 10.7 Å². The molecule has 0 radical (unpaired) electrons. The van der Waals surface area contributed by atoms with Gasteiger partial charge in [0.05, 0.1) is 16.3 Å². The van der Waals surface area contributed by atoms with E-state index in [2.05, 4.69) is 4.72 Å². The fraction of sp³-hybridized carbons (Fsp3) is 0.909. The van der Waals surface area contributed by atoms with Gasteiger partial charge in [0.1, 0.15) is 0 Å². The maximum absolute atomic E-state index is 11.9. The summed E-state index contributed by atoms with van der Waals surface area (Å²) in [7, 11) is -3.29. The molecule has 0 heterocycles. The number of hydrogen-bond donors (Lipinski definition) is 2. The highest BCUT2D eigenvalue weighted by atomic mass is 32.2. The van der Waals surface area contributed by atoms with Crippen LogP contribution >= 0.6 is 12.2 Å². The fourth-order valence-electron chi connectivity index (χ4n) is 1.79. The molecule has 0 saturated heterocycles. The molecule has 17 heavy (non-hydrogen) atoms. The van der Waals surface area contributed by atoms with Gasteiger partial charge in [0, 0.05) is 0 Å². The van der Waals surface area contributed by atoms with Crippen LogP contribution in [0.15, 0.2) is 0 Å². The fourth-order valence-corrected chi connectivity index (χ4v) is 3.74. The Bertz CT molecular complexity index is 377. The summed E-state index contributed by atoms with van der Waals surface area (Å²) >= 11 is 4.92. The minimum Gasteiger partial charge on any atom is -0.392 e. The van der Waals surface area contributed by atoms with Crippen molar-refractivity contribution in [3.63, 3.8) is 0 Å². The van der Waals surface area contributed by atoms with Gasteiger partial charge in [0.15, 0.2) is 0 Å². The molecule has 0 aromatic heterocycles. The van der Waals surface area contributed by atoms with E-state index in [0.29, 0.717) is 12.3 Å².